The zero-order chi connectivity index (χ0) is 15.4. The minimum atomic E-state index is -0.604. The van der Waals surface area contributed by atoms with E-state index in [4.69, 9.17) is 23.2 Å². The number of rotatable bonds is 5. The van der Waals surface area contributed by atoms with Crippen LogP contribution in [0.4, 0.5) is 8.78 Å². The van der Waals surface area contributed by atoms with Crippen LogP contribution in [0.5, 0.6) is 0 Å². The first-order chi connectivity index (χ1) is 10.0. The lowest BCUT2D eigenvalue weighted by atomic mass is 9.98. The van der Waals surface area contributed by atoms with Crippen LogP contribution >= 0.6 is 23.2 Å². The van der Waals surface area contributed by atoms with Gasteiger partial charge in [-0.3, -0.25) is 0 Å². The second-order valence-electron chi connectivity index (χ2n) is 4.72. The van der Waals surface area contributed by atoms with Crippen molar-refractivity contribution in [1.29, 1.82) is 0 Å². The maximum Gasteiger partial charge on any atom is 0.131 e. The SMILES string of the molecule is CCCNC(c1ccc(F)cc1F)c1ccc(Cl)cc1Cl. The van der Waals surface area contributed by atoms with Gasteiger partial charge in [0.1, 0.15) is 11.6 Å². The van der Waals surface area contributed by atoms with E-state index in [0.29, 0.717) is 27.7 Å². The van der Waals surface area contributed by atoms with E-state index >= 15 is 0 Å². The lowest BCUT2D eigenvalue weighted by Crippen LogP contribution is -2.24. The summed E-state index contributed by atoms with van der Waals surface area (Å²) < 4.78 is 27.2. The summed E-state index contributed by atoms with van der Waals surface area (Å²) in [6.45, 7) is 2.69. The molecule has 0 saturated heterocycles. The van der Waals surface area contributed by atoms with E-state index in [9.17, 15) is 8.78 Å². The lowest BCUT2D eigenvalue weighted by Gasteiger charge is -2.21. The Labute approximate surface area is 132 Å². The van der Waals surface area contributed by atoms with Crippen LogP contribution in [-0.4, -0.2) is 6.54 Å². The molecule has 1 atom stereocenters. The van der Waals surface area contributed by atoms with Gasteiger partial charge in [0.25, 0.3) is 0 Å². The van der Waals surface area contributed by atoms with Gasteiger partial charge in [-0.1, -0.05) is 42.3 Å². The Morgan fingerprint density at radius 1 is 1.05 bits per heavy atom. The fourth-order valence-electron chi connectivity index (χ4n) is 2.15. The van der Waals surface area contributed by atoms with Crippen molar-refractivity contribution < 1.29 is 8.78 Å². The van der Waals surface area contributed by atoms with Gasteiger partial charge in [0.15, 0.2) is 0 Å². The zero-order valence-electron chi connectivity index (χ0n) is 11.5. The van der Waals surface area contributed by atoms with E-state index in [0.717, 1.165) is 12.5 Å². The Morgan fingerprint density at radius 3 is 2.38 bits per heavy atom. The molecule has 0 fully saturated rings. The van der Waals surface area contributed by atoms with Gasteiger partial charge in [0, 0.05) is 21.7 Å². The minimum Gasteiger partial charge on any atom is -0.306 e. The Hall–Kier alpha value is -1.16. The number of hydrogen-bond donors (Lipinski definition) is 1. The molecule has 0 aromatic heterocycles. The summed E-state index contributed by atoms with van der Waals surface area (Å²) in [6, 6.07) is 8.16. The molecule has 0 aliphatic heterocycles. The smallest absolute Gasteiger partial charge is 0.131 e. The molecular weight excluding hydrogens is 315 g/mol. The predicted octanol–water partition coefficient (Wildman–Crippen LogP) is 5.36. The molecule has 0 spiro atoms. The van der Waals surface area contributed by atoms with E-state index < -0.39 is 17.7 Å². The summed E-state index contributed by atoms with van der Waals surface area (Å²) in [5.41, 5.74) is 1.06. The van der Waals surface area contributed by atoms with Gasteiger partial charge in [0.2, 0.25) is 0 Å². The molecule has 1 N–H and O–H groups in total. The van der Waals surface area contributed by atoms with Gasteiger partial charge in [-0.2, -0.15) is 0 Å². The van der Waals surface area contributed by atoms with E-state index in [1.165, 1.54) is 12.1 Å². The van der Waals surface area contributed by atoms with Gasteiger partial charge < -0.3 is 5.32 Å². The largest absolute Gasteiger partial charge is 0.306 e. The maximum absolute atomic E-state index is 14.1. The van der Waals surface area contributed by atoms with Crippen LogP contribution in [0.25, 0.3) is 0 Å². The molecule has 1 unspecified atom stereocenters. The van der Waals surface area contributed by atoms with Crippen molar-refractivity contribution in [1.82, 2.24) is 5.32 Å². The van der Waals surface area contributed by atoms with Crippen molar-refractivity contribution in [2.24, 2.45) is 0 Å². The van der Waals surface area contributed by atoms with Gasteiger partial charge in [-0.05, 0) is 36.7 Å². The van der Waals surface area contributed by atoms with Crippen molar-refractivity contribution >= 4 is 23.2 Å². The van der Waals surface area contributed by atoms with Crippen LogP contribution in [0.3, 0.4) is 0 Å². The molecule has 0 heterocycles. The average Bonchev–Trinajstić information content (AvgIpc) is 2.42. The fourth-order valence-corrected chi connectivity index (χ4v) is 2.66. The highest BCUT2D eigenvalue weighted by Crippen LogP contribution is 2.31. The summed E-state index contributed by atoms with van der Waals surface area (Å²) in [5, 5.41) is 4.19. The molecule has 5 heteroatoms. The summed E-state index contributed by atoms with van der Waals surface area (Å²) in [5.74, 6) is -1.21. The van der Waals surface area contributed by atoms with E-state index in [1.807, 2.05) is 6.92 Å². The molecular formula is C16H15Cl2F2N. The second kappa shape index (κ2) is 7.21. The van der Waals surface area contributed by atoms with Crippen LogP contribution in [0.2, 0.25) is 10.0 Å². The van der Waals surface area contributed by atoms with Gasteiger partial charge in [-0.15, -0.1) is 0 Å². The summed E-state index contributed by atoms with van der Waals surface area (Å²) in [4.78, 5) is 0. The molecule has 0 bridgehead atoms. The van der Waals surface area contributed by atoms with Crippen LogP contribution in [0, 0.1) is 11.6 Å². The quantitative estimate of drug-likeness (QED) is 0.778. The monoisotopic (exact) mass is 329 g/mol. The number of benzene rings is 2. The van der Waals surface area contributed by atoms with Crippen LogP contribution in [0.15, 0.2) is 36.4 Å². The lowest BCUT2D eigenvalue weighted by molar-refractivity contribution is 0.533. The van der Waals surface area contributed by atoms with Crippen LogP contribution in [0.1, 0.15) is 30.5 Å². The molecule has 0 amide bonds. The topological polar surface area (TPSA) is 12.0 Å². The van der Waals surface area contributed by atoms with E-state index in [2.05, 4.69) is 5.32 Å². The molecule has 0 radical (unpaired) electrons. The standard InChI is InChI=1S/C16H15Cl2F2N/c1-2-7-21-16(12-5-3-10(17)8-14(12)18)13-6-4-11(19)9-15(13)20/h3-6,8-9,16,21H,2,7H2,1H3. The Balaban J connectivity index is 2.46. The molecule has 21 heavy (non-hydrogen) atoms. The Bertz CT molecular complexity index is 580. The summed E-state index contributed by atoms with van der Waals surface area (Å²) in [6.07, 6.45) is 0.879. The molecule has 112 valence electrons. The third-order valence-corrected chi connectivity index (χ3v) is 3.71. The average molecular weight is 330 g/mol. The van der Waals surface area contributed by atoms with E-state index in [1.54, 1.807) is 18.2 Å². The third-order valence-electron chi connectivity index (χ3n) is 3.15. The normalized spacial score (nSPS) is 12.4. The first-order valence-corrected chi connectivity index (χ1v) is 7.41. The second-order valence-corrected chi connectivity index (χ2v) is 5.56. The number of nitrogens with one attached hydrogen (secondary N) is 1. The van der Waals surface area contributed by atoms with E-state index in [-0.39, 0.29) is 0 Å². The first-order valence-electron chi connectivity index (χ1n) is 6.66. The Kier molecular flexibility index (Phi) is 5.57. The van der Waals surface area contributed by atoms with Crippen molar-refractivity contribution in [3.05, 3.63) is 69.2 Å². The highest BCUT2D eigenvalue weighted by atomic mass is 35.5. The predicted molar refractivity (Wildman–Crippen MR) is 83.0 cm³/mol. The van der Waals surface area contributed by atoms with Crippen molar-refractivity contribution in [3.63, 3.8) is 0 Å². The maximum atomic E-state index is 14.1. The van der Waals surface area contributed by atoms with Crippen molar-refractivity contribution in [2.75, 3.05) is 6.54 Å². The third kappa shape index (κ3) is 3.94. The summed E-state index contributed by atoms with van der Waals surface area (Å²) >= 11 is 12.1. The van der Waals surface area contributed by atoms with Gasteiger partial charge in [-0.25, -0.2) is 8.78 Å². The van der Waals surface area contributed by atoms with Crippen LogP contribution < -0.4 is 5.32 Å². The molecule has 1 nitrogen and oxygen atoms in total. The molecule has 0 aliphatic carbocycles. The minimum absolute atomic E-state index is 0.356. The molecule has 0 saturated carbocycles. The zero-order valence-corrected chi connectivity index (χ0v) is 13.0. The number of hydrogen-bond acceptors (Lipinski definition) is 1. The Morgan fingerprint density at radius 2 is 1.76 bits per heavy atom. The fraction of sp³-hybridized carbons (Fsp3) is 0.250. The molecule has 2 aromatic carbocycles. The highest BCUT2D eigenvalue weighted by Gasteiger charge is 2.20. The van der Waals surface area contributed by atoms with Crippen molar-refractivity contribution in [2.45, 2.75) is 19.4 Å². The van der Waals surface area contributed by atoms with Gasteiger partial charge >= 0.3 is 0 Å². The molecule has 2 aromatic rings. The summed E-state index contributed by atoms with van der Waals surface area (Å²) in [7, 11) is 0. The first kappa shape index (κ1) is 16.2. The van der Waals surface area contributed by atoms with Crippen LogP contribution in [-0.2, 0) is 0 Å². The molecule has 0 aliphatic rings. The highest BCUT2D eigenvalue weighted by molar-refractivity contribution is 6.35. The number of halogens is 4. The van der Waals surface area contributed by atoms with Gasteiger partial charge in [0.05, 0.1) is 6.04 Å². The van der Waals surface area contributed by atoms with Crippen molar-refractivity contribution in [3.8, 4) is 0 Å². The molecule has 2 rings (SSSR count).